The van der Waals surface area contributed by atoms with E-state index in [0.717, 1.165) is 12.5 Å². The van der Waals surface area contributed by atoms with Gasteiger partial charge in [0.05, 0.1) is 5.56 Å². The number of nitrogens with one attached hydrogen (secondary N) is 1. The van der Waals surface area contributed by atoms with Crippen LogP contribution in [0.2, 0.25) is 0 Å². The quantitative estimate of drug-likeness (QED) is 0.804. The summed E-state index contributed by atoms with van der Waals surface area (Å²) in [6.45, 7) is 5.36. The number of alkyl halides is 3. The Hall–Kier alpha value is -0.750. The lowest BCUT2D eigenvalue weighted by Crippen LogP contribution is -2.32. The molecule has 0 heterocycles. The highest BCUT2D eigenvalue weighted by Crippen LogP contribution is 2.36. The van der Waals surface area contributed by atoms with Crippen LogP contribution in [0.5, 0.6) is 0 Å². The van der Waals surface area contributed by atoms with E-state index in [2.05, 4.69) is 40.0 Å². The molecule has 1 atom stereocenters. The Morgan fingerprint density at radius 3 is 2.55 bits per heavy atom. The maximum atomic E-state index is 12.9. The van der Waals surface area contributed by atoms with Crippen LogP contribution in [0.1, 0.15) is 25.8 Å². The number of rotatable bonds is 6. The average Bonchev–Trinajstić information content (AvgIpc) is 2.38. The fourth-order valence-electron chi connectivity index (χ4n) is 1.80. The van der Waals surface area contributed by atoms with Gasteiger partial charge in [-0.05, 0) is 38.6 Å². The van der Waals surface area contributed by atoms with E-state index in [0.29, 0.717) is 23.6 Å². The van der Waals surface area contributed by atoms with Crippen molar-refractivity contribution >= 4 is 21.6 Å². The van der Waals surface area contributed by atoms with Gasteiger partial charge in [0, 0.05) is 29.3 Å². The first-order valence-corrected chi connectivity index (χ1v) is 7.35. The molecule has 0 saturated heterocycles. The molecular formula is C14H20BrF3N2. The number of nitrogens with zero attached hydrogens (tertiary/aromatic N) is 1. The Morgan fingerprint density at radius 1 is 1.35 bits per heavy atom. The third kappa shape index (κ3) is 4.98. The fraction of sp³-hybridized carbons (Fsp3) is 0.571. The van der Waals surface area contributed by atoms with Crippen LogP contribution in [0.4, 0.5) is 18.9 Å². The Balaban J connectivity index is 2.69. The molecular weight excluding hydrogens is 333 g/mol. The SMILES string of the molecule is CCC(C)N(C)CCNc1ccc(Br)cc1C(F)(F)F. The van der Waals surface area contributed by atoms with Crippen molar-refractivity contribution in [1.29, 1.82) is 0 Å². The van der Waals surface area contributed by atoms with Crippen LogP contribution < -0.4 is 5.32 Å². The summed E-state index contributed by atoms with van der Waals surface area (Å²) >= 11 is 3.07. The third-order valence-electron chi connectivity index (χ3n) is 3.41. The van der Waals surface area contributed by atoms with Gasteiger partial charge < -0.3 is 10.2 Å². The van der Waals surface area contributed by atoms with Crippen molar-refractivity contribution < 1.29 is 13.2 Å². The van der Waals surface area contributed by atoms with Crippen LogP contribution in [-0.2, 0) is 6.18 Å². The van der Waals surface area contributed by atoms with Crippen molar-refractivity contribution in [3.63, 3.8) is 0 Å². The summed E-state index contributed by atoms with van der Waals surface area (Å²) < 4.78 is 39.2. The van der Waals surface area contributed by atoms with E-state index in [-0.39, 0.29) is 5.69 Å². The van der Waals surface area contributed by atoms with E-state index < -0.39 is 11.7 Å². The first-order chi connectivity index (χ1) is 9.25. The number of halogens is 4. The Morgan fingerprint density at radius 2 is 2.00 bits per heavy atom. The normalized spacial score (nSPS) is 13.6. The lowest BCUT2D eigenvalue weighted by Gasteiger charge is -2.24. The molecule has 0 fully saturated rings. The molecule has 0 saturated carbocycles. The second-order valence-electron chi connectivity index (χ2n) is 4.85. The molecule has 0 spiro atoms. The minimum Gasteiger partial charge on any atom is -0.383 e. The molecule has 6 heteroatoms. The molecule has 1 rings (SSSR count). The van der Waals surface area contributed by atoms with Gasteiger partial charge in [0.25, 0.3) is 0 Å². The summed E-state index contributed by atoms with van der Waals surface area (Å²) in [6, 6.07) is 4.58. The molecule has 1 N–H and O–H groups in total. The van der Waals surface area contributed by atoms with Crippen molar-refractivity contribution in [3.05, 3.63) is 28.2 Å². The highest BCUT2D eigenvalue weighted by Gasteiger charge is 2.33. The summed E-state index contributed by atoms with van der Waals surface area (Å²) in [5.41, 5.74) is -0.517. The molecule has 0 aliphatic rings. The maximum Gasteiger partial charge on any atom is 0.418 e. The molecule has 0 radical (unpaired) electrons. The van der Waals surface area contributed by atoms with Gasteiger partial charge >= 0.3 is 6.18 Å². The van der Waals surface area contributed by atoms with E-state index in [1.54, 1.807) is 6.07 Å². The van der Waals surface area contributed by atoms with Gasteiger partial charge in [0.2, 0.25) is 0 Å². The topological polar surface area (TPSA) is 15.3 Å². The van der Waals surface area contributed by atoms with Gasteiger partial charge in [-0.2, -0.15) is 13.2 Å². The number of likely N-dealkylation sites (N-methyl/N-ethyl adjacent to an activating group) is 1. The maximum absolute atomic E-state index is 12.9. The molecule has 0 aliphatic heterocycles. The van der Waals surface area contributed by atoms with E-state index in [1.807, 2.05) is 7.05 Å². The minimum atomic E-state index is -4.35. The third-order valence-corrected chi connectivity index (χ3v) is 3.90. The zero-order valence-corrected chi connectivity index (χ0v) is 13.5. The summed E-state index contributed by atoms with van der Waals surface area (Å²) in [6.07, 6.45) is -3.34. The average molecular weight is 353 g/mol. The lowest BCUT2D eigenvalue weighted by atomic mass is 10.1. The second kappa shape index (κ2) is 7.31. The Labute approximate surface area is 126 Å². The molecule has 0 aromatic heterocycles. The van der Waals surface area contributed by atoms with Crippen molar-refractivity contribution in [3.8, 4) is 0 Å². The molecule has 1 aromatic rings. The largest absolute Gasteiger partial charge is 0.418 e. The van der Waals surface area contributed by atoms with Gasteiger partial charge in [-0.1, -0.05) is 22.9 Å². The Kier molecular flexibility index (Phi) is 6.33. The van der Waals surface area contributed by atoms with Crippen LogP contribution in [0.25, 0.3) is 0 Å². The van der Waals surface area contributed by atoms with Gasteiger partial charge in [-0.25, -0.2) is 0 Å². The van der Waals surface area contributed by atoms with Crippen LogP contribution in [0, 0.1) is 0 Å². The van der Waals surface area contributed by atoms with Gasteiger partial charge in [-0.3, -0.25) is 0 Å². The van der Waals surface area contributed by atoms with Gasteiger partial charge in [-0.15, -0.1) is 0 Å². The monoisotopic (exact) mass is 352 g/mol. The predicted octanol–water partition coefficient (Wildman–Crippen LogP) is 4.61. The van der Waals surface area contributed by atoms with Gasteiger partial charge in [0.1, 0.15) is 0 Å². The summed E-state index contributed by atoms with van der Waals surface area (Å²) in [4.78, 5) is 2.12. The molecule has 0 bridgehead atoms. The number of hydrogen-bond acceptors (Lipinski definition) is 2. The van der Waals surface area contributed by atoms with Crippen LogP contribution in [0.3, 0.4) is 0 Å². The number of hydrogen-bond donors (Lipinski definition) is 1. The van der Waals surface area contributed by atoms with Crippen LogP contribution >= 0.6 is 15.9 Å². The molecule has 114 valence electrons. The number of benzene rings is 1. The predicted molar refractivity (Wildman–Crippen MR) is 80.0 cm³/mol. The minimum absolute atomic E-state index is 0.123. The molecule has 1 aromatic carbocycles. The van der Waals surface area contributed by atoms with E-state index in [4.69, 9.17) is 0 Å². The van der Waals surface area contributed by atoms with E-state index in [1.165, 1.54) is 6.07 Å². The number of anilines is 1. The second-order valence-corrected chi connectivity index (χ2v) is 5.77. The van der Waals surface area contributed by atoms with E-state index in [9.17, 15) is 13.2 Å². The molecule has 0 amide bonds. The van der Waals surface area contributed by atoms with Gasteiger partial charge in [0.15, 0.2) is 0 Å². The first kappa shape index (κ1) is 17.3. The van der Waals surface area contributed by atoms with Crippen molar-refractivity contribution in [2.45, 2.75) is 32.5 Å². The molecule has 2 nitrogen and oxygen atoms in total. The fourth-order valence-corrected chi connectivity index (χ4v) is 2.17. The molecule has 0 aliphatic carbocycles. The Bertz CT molecular complexity index is 435. The van der Waals surface area contributed by atoms with E-state index >= 15 is 0 Å². The summed E-state index contributed by atoms with van der Waals surface area (Å²) in [7, 11) is 1.97. The van der Waals surface area contributed by atoms with Crippen molar-refractivity contribution in [2.24, 2.45) is 0 Å². The highest BCUT2D eigenvalue weighted by atomic mass is 79.9. The first-order valence-electron chi connectivity index (χ1n) is 6.56. The summed E-state index contributed by atoms with van der Waals surface area (Å²) in [5.74, 6) is 0. The molecule has 1 unspecified atom stereocenters. The van der Waals surface area contributed by atoms with Crippen molar-refractivity contribution in [1.82, 2.24) is 4.90 Å². The lowest BCUT2D eigenvalue weighted by molar-refractivity contribution is -0.137. The summed E-state index contributed by atoms with van der Waals surface area (Å²) in [5, 5.41) is 2.87. The molecule has 20 heavy (non-hydrogen) atoms. The smallest absolute Gasteiger partial charge is 0.383 e. The standard InChI is InChI=1S/C14H20BrF3N2/c1-4-10(2)20(3)8-7-19-13-6-5-11(15)9-12(13)14(16,17)18/h5-6,9-10,19H,4,7-8H2,1-3H3. The zero-order valence-electron chi connectivity index (χ0n) is 11.9. The highest BCUT2D eigenvalue weighted by molar-refractivity contribution is 9.10. The van der Waals surface area contributed by atoms with Crippen LogP contribution in [-0.4, -0.2) is 31.1 Å². The van der Waals surface area contributed by atoms with Crippen molar-refractivity contribution in [2.75, 3.05) is 25.5 Å². The zero-order chi connectivity index (χ0) is 15.3. The van der Waals surface area contributed by atoms with Crippen LogP contribution in [0.15, 0.2) is 22.7 Å².